The summed E-state index contributed by atoms with van der Waals surface area (Å²) in [6.45, 7) is 0.236. The Kier molecular flexibility index (Phi) is 5.03. The Morgan fingerprint density at radius 3 is 2.58 bits per heavy atom. The van der Waals surface area contributed by atoms with Gasteiger partial charge in [-0.15, -0.1) is 0 Å². The summed E-state index contributed by atoms with van der Waals surface area (Å²) in [5, 5.41) is 0.724. The maximum atomic E-state index is 13.5. The van der Waals surface area contributed by atoms with Gasteiger partial charge in [0, 0.05) is 24.3 Å². The number of H-pyrrole nitrogens is 1. The van der Waals surface area contributed by atoms with E-state index in [0.29, 0.717) is 6.42 Å². The third-order valence-electron chi connectivity index (χ3n) is 3.95. The molecule has 2 heterocycles. The standard InChI is InChI=1S/C16H14BrF3N4O2/c17-3-1-2-5-24-13-8-12(23-6-4-21-9-23)10(16(18,19)20)7-11(13)22-14(25)15(24)26/h4,6-9H,1-3,5H2,(H,22,25). The molecular formula is C16H14BrF3N4O2. The van der Waals surface area contributed by atoms with Gasteiger partial charge in [0.2, 0.25) is 0 Å². The van der Waals surface area contributed by atoms with Crippen LogP contribution in [-0.4, -0.2) is 24.4 Å². The highest BCUT2D eigenvalue weighted by Crippen LogP contribution is 2.35. The summed E-state index contributed by atoms with van der Waals surface area (Å²) >= 11 is 3.28. The molecule has 0 amide bonds. The van der Waals surface area contributed by atoms with E-state index in [-0.39, 0.29) is 23.3 Å². The Morgan fingerprint density at radius 1 is 1.19 bits per heavy atom. The number of hydrogen-bond acceptors (Lipinski definition) is 3. The molecule has 0 radical (unpaired) electrons. The zero-order valence-electron chi connectivity index (χ0n) is 13.4. The first-order valence-electron chi connectivity index (χ1n) is 7.75. The minimum atomic E-state index is -4.64. The Hall–Kier alpha value is -2.36. The summed E-state index contributed by atoms with van der Waals surface area (Å²) in [4.78, 5) is 30.1. The lowest BCUT2D eigenvalue weighted by molar-refractivity contribution is -0.137. The molecule has 2 aromatic heterocycles. The predicted molar refractivity (Wildman–Crippen MR) is 94.0 cm³/mol. The topological polar surface area (TPSA) is 72.7 Å². The number of alkyl halides is 4. The molecule has 0 bridgehead atoms. The van der Waals surface area contributed by atoms with E-state index in [1.807, 2.05) is 0 Å². The highest BCUT2D eigenvalue weighted by Gasteiger charge is 2.35. The molecule has 138 valence electrons. The second-order valence-electron chi connectivity index (χ2n) is 5.66. The van der Waals surface area contributed by atoms with E-state index in [1.165, 1.54) is 33.9 Å². The van der Waals surface area contributed by atoms with Crippen molar-refractivity contribution in [1.82, 2.24) is 19.1 Å². The van der Waals surface area contributed by atoms with Crippen LogP contribution in [0.4, 0.5) is 13.2 Å². The minimum Gasteiger partial charge on any atom is -0.316 e. The van der Waals surface area contributed by atoms with Crippen LogP contribution in [0.1, 0.15) is 18.4 Å². The van der Waals surface area contributed by atoms with Crippen molar-refractivity contribution in [3.05, 3.63) is 57.1 Å². The summed E-state index contributed by atoms with van der Waals surface area (Å²) < 4.78 is 42.9. The van der Waals surface area contributed by atoms with Crippen molar-refractivity contribution < 1.29 is 13.2 Å². The second-order valence-corrected chi connectivity index (χ2v) is 6.45. The molecule has 0 aliphatic carbocycles. The number of fused-ring (bicyclic) bond motifs is 1. The Morgan fingerprint density at radius 2 is 1.96 bits per heavy atom. The Bertz CT molecular complexity index is 1040. The fourth-order valence-corrected chi connectivity index (χ4v) is 3.13. The van der Waals surface area contributed by atoms with Gasteiger partial charge in [-0.3, -0.25) is 9.59 Å². The molecular weight excluding hydrogens is 417 g/mol. The van der Waals surface area contributed by atoms with Gasteiger partial charge in [-0.1, -0.05) is 15.9 Å². The molecule has 0 saturated carbocycles. The van der Waals surface area contributed by atoms with Crippen LogP contribution < -0.4 is 11.1 Å². The van der Waals surface area contributed by atoms with E-state index in [1.54, 1.807) is 0 Å². The van der Waals surface area contributed by atoms with E-state index in [9.17, 15) is 22.8 Å². The first-order valence-corrected chi connectivity index (χ1v) is 8.87. The van der Waals surface area contributed by atoms with Gasteiger partial charge in [-0.05, 0) is 25.0 Å². The molecule has 0 fully saturated rings. The lowest BCUT2D eigenvalue weighted by atomic mass is 10.1. The summed E-state index contributed by atoms with van der Waals surface area (Å²) in [7, 11) is 0. The fraction of sp³-hybridized carbons (Fsp3) is 0.312. The van der Waals surface area contributed by atoms with Crippen molar-refractivity contribution >= 4 is 27.0 Å². The molecule has 0 atom stereocenters. The van der Waals surface area contributed by atoms with Gasteiger partial charge in [-0.25, -0.2) is 4.98 Å². The van der Waals surface area contributed by atoms with E-state index >= 15 is 0 Å². The summed E-state index contributed by atoms with van der Waals surface area (Å²) in [6.07, 6.45) is 0.716. The average molecular weight is 431 g/mol. The quantitative estimate of drug-likeness (QED) is 0.384. The highest BCUT2D eigenvalue weighted by molar-refractivity contribution is 9.09. The van der Waals surface area contributed by atoms with E-state index in [4.69, 9.17) is 0 Å². The molecule has 0 unspecified atom stereocenters. The van der Waals surface area contributed by atoms with Crippen LogP contribution in [0.25, 0.3) is 16.7 Å². The molecule has 0 spiro atoms. The molecule has 0 aliphatic heterocycles. The number of halogens is 4. The number of aryl methyl sites for hydroxylation is 1. The molecule has 0 aliphatic rings. The van der Waals surface area contributed by atoms with E-state index < -0.39 is 22.9 Å². The van der Waals surface area contributed by atoms with E-state index in [2.05, 4.69) is 25.9 Å². The van der Waals surface area contributed by atoms with Gasteiger partial charge in [0.05, 0.1) is 28.6 Å². The molecule has 1 N–H and O–H groups in total. The number of nitrogens with one attached hydrogen (secondary N) is 1. The zero-order chi connectivity index (χ0) is 18.9. The molecule has 6 nitrogen and oxygen atoms in total. The van der Waals surface area contributed by atoms with Crippen LogP contribution in [0.3, 0.4) is 0 Å². The van der Waals surface area contributed by atoms with Gasteiger partial charge >= 0.3 is 17.3 Å². The third-order valence-corrected chi connectivity index (χ3v) is 4.51. The summed E-state index contributed by atoms with van der Waals surface area (Å²) in [5.41, 5.74) is -2.62. The molecule has 3 rings (SSSR count). The number of hydrogen-bond donors (Lipinski definition) is 1. The second kappa shape index (κ2) is 7.10. The van der Waals surface area contributed by atoms with Crippen LogP contribution in [0.5, 0.6) is 0 Å². The molecule has 10 heteroatoms. The van der Waals surface area contributed by atoms with Crippen molar-refractivity contribution in [3.63, 3.8) is 0 Å². The molecule has 3 aromatic rings. The van der Waals surface area contributed by atoms with Crippen LogP contribution in [0, 0.1) is 0 Å². The average Bonchev–Trinajstić information content (AvgIpc) is 3.11. The van der Waals surface area contributed by atoms with Gasteiger partial charge in [-0.2, -0.15) is 13.2 Å². The Labute approximate surface area is 153 Å². The number of aromatic amines is 1. The fourth-order valence-electron chi connectivity index (χ4n) is 2.74. The largest absolute Gasteiger partial charge is 0.418 e. The van der Waals surface area contributed by atoms with Gasteiger partial charge in [0.15, 0.2) is 0 Å². The van der Waals surface area contributed by atoms with Crippen LogP contribution in [0.2, 0.25) is 0 Å². The normalized spacial score (nSPS) is 12.0. The number of rotatable bonds is 5. The minimum absolute atomic E-state index is 0.0374. The van der Waals surface area contributed by atoms with Crippen molar-refractivity contribution in [2.24, 2.45) is 0 Å². The van der Waals surface area contributed by atoms with Gasteiger partial charge < -0.3 is 14.1 Å². The third kappa shape index (κ3) is 3.46. The summed E-state index contributed by atoms with van der Waals surface area (Å²) in [6, 6.07) is 2.11. The monoisotopic (exact) mass is 430 g/mol. The van der Waals surface area contributed by atoms with Crippen LogP contribution in [0.15, 0.2) is 40.4 Å². The van der Waals surface area contributed by atoms with Crippen molar-refractivity contribution in [1.29, 1.82) is 0 Å². The lowest BCUT2D eigenvalue weighted by Gasteiger charge is -2.17. The van der Waals surface area contributed by atoms with Crippen molar-refractivity contribution in [2.75, 3.05) is 5.33 Å². The zero-order valence-corrected chi connectivity index (χ0v) is 15.0. The smallest absolute Gasteiger partial charge is 0.316 e. The lowest BCUT2D eigenvalue weighted by Crippen LogP contribution is -2.36. The number of nitrogens with zero attached hydrogens (tertiary/aromatic N) is 3. The van der Waals surface area contributed by atoms with Crippen LogP contribution in [-0.2, 0) is 12.7 Å². The maximum absolute atomic E-state index is 13.5. The number of imidazole rings is 1. The Balaban J connectivity index is 2.32. The SMILES string of the molecule is O=c1[nH]c2cc(C(F)(F)F)c(-n3ccnc3)cc2n(CCCCBr)c1=O. The van der Waals surface area contributed by atoms with Crippen molar-refractivity contribution in [3.8, 4) is 5.69 Å². The van der Waals surface area contributed by atoms with Gasteiger partial charge in [0.1, 0.15) is 0 Å². The number of unbranched alkanes of at least 4 members (excludes halogenated alkanes) is 1. The summed E-state index contributed by atoms with van der Waals surface area (Å²) in [5.74, 6) is 0. The van der Waals surface area contributed by atoms with Gasteiger partial charge in [0.25, 0.3) is 0 Å². The first-order chi connectivity index (χ1) is 12.3. The first kappa shape index (κ1) is 18.4. The number of benzene rings is 1. The molecule has 0 saturated heterocycles. The van der Waals surface area contributed by atoms with Crippen molar-refractivity contribution in [2.45, 2.75) is 25.6 Å². The molecule has 26 heavy (non-hydrogen) atoms. The maximum Gasteiger partial charge on any atom is 0.418 e. The number of aromatic nitrogens is 4. The predicted octanol–water partition coefficient (Wildman–Crippen LogP) is 3.07. The van der Waals surface area contributed by atoms with E-state index in [0.717, 1.165) is 17.8 Å². The van der Waals surface area contributed by atoms with Crippen LogP contribution >= 0.6 is 15.9 Å². The molecule has 1 aromatic carbocycles. The highest BCUT2D eigenvalue weighted by atomic mass is 79.9.